The first kappa shape index (κ1) is 21.0. The lowest BCUT2D eigenvalue weighted by atomic mass is 10.00. The fraction of sp³-hybridized carbons (Fsp3) is 0.435. The molecule has 162 valence electrons. The standard InChI is InChI=1S/C23H28N6O2/c1-4-18-13-20(28-31-18)22(30)26-17-7-11-29(12-8-17)23-25-14-19(21(27-23)15(2)3)16-5-9-24-10-6-16/h5-6,9-10,13-15,17H,4,7-8,11-12H2,1-3H3,(H,26,30). The molecule has 0 saturated carbocycles. The average molecular weight is 421 g/mol. The first-order chi connectivity index (χ1) is 15.0. The summed E-state index contributed by atoms with van der Waals surface area (Å²) in [6.07, 6.45) is 7.87. The lowest BCUT2D eigenvalue weighted by Gasteiger charge is -2.32. The highest BCUT2D eigenvalue weighted by atomic mass is 16.5. The van der Waals surface area contributed by atoms with Gasteiger partial charge in [-0.15, -0.1) is 0 Å². The van der Waals surface area contributed by atoms with Gasteiger partial charge in [-0.2, -0.15) is 0 Å². The Morgan fingerprint density at radius 1 is 1.26 bits per heavy atom. The lowest BCUT2D eigenvalue weighted by Crippen LogP contribution is -2.45. The third-order valence-corrected chi connectivity index (χ3v) is 5.60. The minimum atomic E-state index is -0.179. The number of anilines is 1. The van der Waals surface area contributed by atoms with Gasteiger partial charge in [0.1, 0.15) is 5.76 Å². The Balaban J connectivity index is 1.41. The summed E-state index contributed by atoms with van der Waals surface area (Å²) >= 11 is 0. The molecule has 1 aliphatic rings. The third-order valence-electron chi connectivity index (χ3n) is 5.60. The van der Waals surface area contributed by atoms with E-state index in [-0.39, 0.29) is 17.9 Å². The first-order valence-electron chi connectivity index (χ1n) is 10.8. The van der Waals surface area contributed by atoms with E-state index in [1.807, 2.05) is 25.3 Å². The van der Waals surface area contributed by atoms with Crippen LogP contribution in [-0.4, -0.2) is 45.1 Å². The molecule has 1 aliphatic heterocycles. The Hall–Kier alpha value is -3.29. The fourth-order valence-electron chi connectivity index (χ4n) is 3.80. The van der Waals surface area contributed by atoms with Gasteiger partial charge >= 0.3 is 0 Å². The molecule has 0 aromatic carbocycles. The minimum absolute atomic E-state index is 0.103. The summed E-state index contributed by atoms with van der Waals surface area (Å²) in [5.41, 5.74) is 3.49. The molecule has 1 N–H and O–H groups in total. The number of pyridine rings is 1. The van der Waals surface area contributed by atoms with Crippen molar-refractivity contribution in [3.05, 3.63) is 53.9 Å². The number of piperidine rings is 1. The molecule has 0 radical (unpaired) electrons. The van der Waals surface area contributed by atoms with Crippen molar-refractivity contribution >= 4 is 11.9 Å². The van der Waals surface area contributed by atoms with Gasteiger partial charge < -0.3 is 14.7 Å². The Morgan fingerprint density at radius 3 is 2.65 bits per heavy atom. The smallest absolute Gasteiger partial charge is 0.273 e. The van der Waals surface area contributed by atoms with E-state index >= 15 is 0 Å². The van der Waals surface area contributed by atoms with Gasteiger partial charge in [-0.3, -0.25) is 9.78 Å². The fourth-order valence-corrected chi connectivity index (χ4v) is 3.80. The van der Waals surface area contributed by atoms with Crippen molar-refractivity contribution in [3.8, 4) is 11.1 Å². The number of carbonyl (C=O) groups is 1. The summed E-state index contributed by atoms with van der Waals surface area (Å²) in [5.74, 6) is 1.56. The largest absolute Gasteiger partial charge is 0.361 e. The molecule has 31 heavy (non-hydrogen) atoms. The normalized spacial score (nSPS) is 14.8. The average Bonchev–Trinajstić information content (AvgIpc) is 3.29. The molecule has 4 heterocycles. The number of aryl methyl sites for hydroxylation is 1. The molecule has 0 aliphatic carbocycles. The zero-order chi connectivity index (χ0) is 21.8. The Morgan fingerprint density at radius 2 is 2.00 bits per heavy atom. The van der Waals surface area contributed by atoms with E-state index in [1.165, 1.54) is 0 Å². The van der Waals surface area contributed by atoms with Crippen molar-refractivity contribution in [3.63, 3.8) is 0 Å². The molecule has 8 nitrogen and oxygen atoms in total. The van der Waals surface area contributed by atoms with Crippen LogP contribution in [0.1, 0.15) is 61.5 Å². The van der Waals surface area contributed by atoms with Gasteiger partial charge in [0.2, 0.25) is 5.95 Å². The van der Waals surface area contributed by atoms with E-state index < -0.39 is 0 Å². The van der Waals surface area contributed by atoms with Crippen molar-refractivity contribution < 1.29 is 9.32 Å². The third kappa shape index (κ3) is 4.73. The maximum atomic E-state index is 12.4. The SMILES string of the molecule is CCc1cc(C(=O)NC2CCN(c3ncc(-c4ccncc4)c(C(C)C)n3)CC2)no1. The second-order valence-electron chi connectivity index (χ2n) is 8.13. The monoisotopic (exact) mass is 420 g/mol. The van der Waals surface area contributed by atoms with E-state index in [2.05, 4.69) is 39.2 Å². The van der Waals surface area contributed by atoms with Gasteiger partial charge in [0.05, 0.1) is 5.69 Å². The van der Waals surface area contributed by atoms with E-state index in [1.54, 1.807) is 18.5 Å². The van der Waals surface area contributed by atoms with Crippen molar-refractivity contribution in [2.24, 2.45) is 0 Å². The highest BCUT2D eigenvalue weighted by molar-refractivity contribution is 5.92. The summed E-state index contributed by atoms with van der Waals surface area (Å²) in [6, 6.07) is 5.77. The Kier molecular flexibility index (Phi) is 6.25. The van der Waals surface area contributed by atoms with E-state index in [0.29, 0.717) is 11.5 Å². The quantitative estimate of drug-likeness (QED) is 0.650. The summed E-state index contributed by atoms with van der Waals surface area (Å²) in [4.78, 5) is 28.3. The Bertz CT molecular complexity index is 1030. The number of amides is 1. The number of nitrogens with zero attached hydrogens (tertiary/aromatic N) is 5. The van der Waals surface area contributed by atoms with Gasteiger partial charge in [-0.25, -0.2) is 9.97 Å². The molecule has 3 aromatic rings. The second kappa shape index (κ2) is 9.24. The van der Waals surface area contributed by atoms with Crippen molar-refractivity contribution in [2.45, 2.75) is 52.0 Å². The zero-order valence-electron chi connectivity index (χ0n) is 18.2. The number of carbonyl (C=O) groups excluding carboxylic acids is 1. The molecule has 0 atom stereocenters. The summed E-state index contributed by atoms with van der Waals surface area (Å²) in [7, 11) is 0. The first-order valence-corrected chi connectivity index (χ1v) is 10.8. The van der Waals surface area contributed by atoms with Crippen LogP contribution in [0.2, 0.25) is 0 Å². The van der Waals surface area contributed by atoms with Crippen LogP contribution in [-0.2, 0) is 6.42 Å². The highest BCUT2D eigenvalue weighted by Crippen LogP contribution is 2.29. The molecule has 0 spiro atoms. The molecule has 0 bridgehead atoms. The molecular weight excluding hydrogens is 392 g/mol. The van der Waals surface area contributed by atoms with Crippen LogP contribution in [0, 0.1) is 0 Å². The van der Waals surface area contributed by atoms with Crippen molar-refractivity contribution in [2.75, 3.05) is 18.0 Å². The topological polar surface area (TPSA) is 97.0 Å². The van der Waals surface area contributed by atoms with Gasteiger partial charge in [0.25, 0.3) is 5.91 Å². The zero-order valence-corrected chi connectivity index (χ0v) is 18.2. The Labute approximate surface area is 182 Å². The number of hydrogen-bond donors (Lipinski definition) is 1. The van der Waals surface area contributed by atoms with E-state index in [4.69, 9.17) is 9.51 Å². The summed E-state index contributed by atoms with van der Waals surface area (Å²) in [6.45, 7) is 7.83. The maximum Gasteiger partial charge on any atom is 0.273 e. The van der Waals surface area contributed by atoms with Crippen molar-refractivity contribution in [1.29, 1.82) is 0 Å². The van der Waals surface area contributed by atoms with Crippen LogP contribution >= 0.6 is 0 Å². The van der Waals surface area contributed by atoms with Crippen molar-refractivity contribution in [1.82, 2.24) is 25.4 Å². The van der Waals surface area contributed by atoms with E-state index in [9.17, 15) is 4.79 Å². The molecule has 1 amide bonds. The van der Waals surface area contributed by atoms with Crippen LogP contribution in [0.15, 0.2) is 41.3 Å². The molecule has 8 heteroatoms. The molecule has 1 saturated heterocycles. The minimum Gasteiger partial charge on any atom is -0.361 e. The molecule has 4 rings (SSSR count). The highest BCUT2D eigenvalue weighted by Gasteiger charge is 2.25. The number of nitrogens with one attached hydrogen (secondary N) is 1. The van der Waals surface area contributed by atoms with E-state index in [0.717, 1.165) is 55.1 Å². The van der Waals surface area contributed by atoms with Gasteiger partial charge in [0, 0.05) is 55.8 Å². The molecule has 1 fully saturated rings. The van der Waals surface area contributed by atoms with Crippen LogP contribution in [0.25, 0.3) is 11.1 Å². The molecular formula is C23H28N6O2. The summed E-state index contributed by atoms with van der Waals surface area (Å²) in [5, 5.41) is 6.92. The summed E-state index contributed by atoms with van der Waals surface area (Å²) < 4.78 is 5.13. The van der Waals surface area contributed by atoms with Crippen LogP contribution in [0.5, 0.6) is 0 Å². The molecule has 0 unspecified atom stereocenters. The van der Waals surface area contributed by atoms with Gasteiger partial charge in [-0.1, -0.05) is 25.9 Å². The predicted molar refractivity (Wildman–Crippen MR) is 118 cm³/mol. The number of rotatable bonds is 6. The second-order valence-corrected chi connectivity index (χ2v) is 8.13. The lowest BCUT2D eigenvalue weighted by molar-refractivity contribution is 0.0922. The van der Waals surface area contributed by atoms with Gasteiger partial charge in [0.15, 0.2) is 5.69 Å². The molecule has 3 aromatic heterocycles. The number of aromatic nitrogens is 4. The number of hydrogen-bond acceptors (Lipinski definition) is 7. The maximum absolute atomic E-state index is 12.4. The van der Waals surface area contributed by atoms with Crippen LogP contribution in [0.3, 0.4) is 0 Å². The van der Waals surface area contributed by atoms with Gasteiger partial charge in [-0.05, 0) is 36.5 Å². The van der Waals surface area contributed by atoms with Crippen LogP contribution in [0.4, 0.5) is 5.95 Å². The van der Waals surface area contributed by atoms with Crippen LogP contribution < -0.4 is 10.2 Å². The predicted octanol–water partition coefficient (Wildman–Crippen LogP) is 3.61.